The lowest BCUT2D eigenvalue weighted by Crippen LogP contribution is -2.33. The largest absolute Gasteiger partial charge is 0.374 e. The molecule has 0 amide bonds. The number of nitrogens with zero attached hydrogens (tertiary/aromatic N) is 1. The van der Waals surface area contributed by atoms with Gasteiger partial charge in [0.2, 0.25) is 0 Å². The molecule has 1 rings (SSSR count). The molecule has 1 unspecified atom stereocenters. The van der Waals surface area contributed by atoms with Crippen LogP contribution < -0.4 is 0 Å². The van der Waals surface area contributed by atoms with Gasteiger partial charge >= 0.3 is 0 Å². The molecule has 1 aliphatic rings. The van der Waals surface area contributed by atoms with Gasteiger partial charge in [0, 0.05) is 12.6 Å². The molecule has 0 spiro atoms. The van der Waals surface area contributed by atoms with Crippen LogP contribution in [0.15, 0.2) is 0 Å². The summed E-state index contributed by atoms with van der Waals surface area (Å²) in [7, 11) is 1.95. The van der Waals surface area contributed by atoms with Crippen LogP contribution in [0.25, 0.3) is 0 Å². The molecule has 0 aromatic heterocycles. The summed E-state index contributed by atoms with van der Waals surface area (Å²) in [4.78, 5) is 2.04. The van der Waals surface area contributed by atoms with Crippen LogP contribution in [-0.4, -0.2) is 42.9 Å². The average Bonchev–Trinajstić information content (AvgIpc) is 2.24. The number of ether oxygens (including phenoxy) is 1. The maximum absolute atomic E-state index is 12.9. The molecule has 3 heteroatoms. The van der Waals surface area contributed by atoms with Crippen molar-refractivity contribution in [3.63, 3.8) is 0 Å². The van der Waals surface area contributed by atoms with Crippen molar-refractivity contribution in [3.8, 4) is 0 Å². The zero-order valence-corrected chi connectivity index (χ0v) is 9.01. The van der Waals surface area contributed by atoms with E-state index in [1.807, 2.05) is 32.7 Å². The maximum atomic E-state index is 12.9. The van der Waals surface area contributed by atoms with Crippen LogP contribution in [0.1, 0.15) is 27.2 Å². The van der Waals surface area contributed by atoms with E-state index < -0.39 is 6.17 Å². The van der Waals surface area contributed by atoms with E-state index in [0.717, 1.165) is 0 Å². The summed E-state index contributed by atoms with van der Waals surface area (Å²) in [5.74, 6) is 0. The summed E-state index contributed by atoms with van der Waals surface area (Å²) in [6, 6.07) is 0.259. The summed E-state index contributed by atoms with van der Waals surface area (Å²) < 4.78 is 18.6. The molecule has 0 aromatic carbocycles. The zero-order chi connectivity index (χ0) is 10.1. The normalized spacial score (nSPS) is 31.2. The van der Waals surface area contributed by atoms with Crippen LogP contribution in [-0.2, 0) is 4.74 Å². The Kier molecular flexibility index (Phi) is 3.30. The minimum atomic E-state index is -0.668. The third-order valence-electron chi connectivity index (χ3n) is 2.35. The van der Waals surface area contributed by atoms with Crippen molar-refractivity contribution in [2.75, 3.05) is 20.2 Å². The molecular weight excluding hydrogens is 169 g/mol. The molecule has 2 nitrogen and oxygen atoms in total. The van der Waals surface area contributed by atoms with E-state index in [2.05, 4.69) is 0 Å². The predicted octanol–water partition coefficient (Wildman–Crippen LogP) is 1.84. The van der Waals surface area contributed by atoms with Gasteiger partial charge in [-0.2, -0.15) is 0 Å². The molecule has 13 heavy (non-hydrogen) atoms. The van der Waals surface area contributed by atoms with Gasteiger partial charge in [-0.05, 0) is 34.2 Å². The van der Waals surface area contributed by atoms with Gasteiger partial charge in [-0.3, -0.25) is 4.90 Å². The number of likely N-dealkylation sites (N-methyl/N-ethyl adjacent to an activating group) is 1. The molecule has 0 aliphatic carbocycles. The van der Waals surface area contributed by atoms with E-state index in [9.17, 15) is 4.39 Å². The monoisotopic (exact) mass is 189 g/mol. The Balaban J connectivity index is 2.30. The molecule has 0 radical (unpaired) electrons. The number of rotatable bonds is 2. The summed E-state index contributed by atoms with van der Waals surface area (Å²) in [5.41, 5.74) is -0.116. The average molecular weight is 189 g/mol. The Morgan fingerprint density at radius 2 is 2.08 bits per heavy atom. The molecule has 1 saturated heterocycles. The van der Waals surface area contributed by atoms with Crippen molar-refractivity contribution in [3.05, 3.63) is 0 Å². The lowest BCUT2D eigenvalue weighted by Gasteiger charge is -2.25. The summed E-state index contributed by atoms with van der Waals surface area (Å²) in [6.07, 6.45) is -0.0504. The van der Waals surface area contributed by atoms with Crippen LogP contribution in [0.2, 0.25) is 0 Å². The number of hydrogen-bond acceptors (Lipinski definition) is 2. The lowest BCUT2D eigenvalue weighted by molar-refractivity contribution is -0.0253. The highest BCUT2D eigenvalue weighted by atomic mass is 19.1. The molecule has 0 N–H and O–H groups in total. The van der Waals surface area contributed by atoms with E-state index in [0.29, 0.717) is 19.6 Å². The zero-order valence-electron chi connectivity index (χ0n) is 9.01. The quantitative estimate of drug-likeness (QED) is 0.657. The van der Waals surface area contributed by atoms with Crippen molar-refractivity contribution < 1.29 is 9.13 Å². The fourth-order valence-electron chi connectivity index (χ4n) is 1.55. The van der Waals surface area contributed by atoms with Crippen LogP contribution in [0.5, 0.6) is 0 Å². The molecule has 1 heterocycles. The van der Waals surface area contributed by atoms with Gasteiger partial charge < -0.3 is 4.74 Å². The minimum Gasteiger partial charge on any atom is -0.374 e. The van der Waals surface area contributed by atoms with Gasteiger partial charge in [0.25, 0.3) is 0 Å². The van der Waals surface area contributed by atoms with E-state index in [1.54, 1.807) is 0 Å². The first-order chi connectivity index (χ1) is 5.88. The SMILES string of the molecule is CN1CC(F)C[C@@H]1COC(C)(C)C. The highest BCUT2D eigenvalue weighted by Crippen LogP contribution is 2.20. The highest BCUT2D eigenvalue weighted by molar-refractivity contribution is 4.83. The minimum absolute atomic E-state index is 0.116. The Hall–Kier alpha value is -0.150. The number of hydrogen-bond donors (Lipinski definition) is 0. The van der Waals surface area contributed by atoms with Crippen LogP contribution in [0, 0.1) is 0 Å². The van der Waals surface area contributed by atoms with Crippen molar-refractivity contribution in [1.29, 1.82) is 0 Å². The highest BCUT2D eigenvalue weighted by Gasteiger charge is 2.30. The lowest BCUT2D eigenvalue weighted by atomic mass is 10.2. The Morgan fingerprint density at radius 3 is 2.46 bits per heavy atom. The van der Waals surface area contributed by atoms with Gasteiger partial charge in [0.05, 0.1) is 12.2 Å². The van der Waals surface area contributed by atoms with Gasteiger partial charge in [-0.1, -0.05) is 0 Å². The Labute approximate surface area is 80.1 Å². The molecule has 0 aromatic rings. The Morgan fingerprint density at radius 1 is 1.46 bits per heavy atom. The van der Waals surface area contributed by atoms with Crippen LogP contribution in [0.3, 0.4) is 0 Å². The number of likely N-dealkylation sites (tertiary alicyclic amines) is 1. The smallest absolute Gasteiger partial charge is 0.114 e. The second kappa shape index (κ2) is 3.93. The summed E-state index contributed by atoms with van der Waals surface area (Å²) >= 11 is 0. The topological polar surface area (TPSA) is 12.5 Å². The molecule has 78 valence electrons. The van der Waals surface area contributed by atoms with Gasteiger partial charge in [-0.25, -0.2) is 4.39 Å². The Bertz CT molecular complexity index is 167. The molecule has 1 aliphatic heterocycles. The van der Waals surface area contributed by atoms with Crippen LogP contribution >= 0.6 is 0 Å². The second-order valence-corrected chi connectivity index (χ2v) is 4.85. The summed E-state index contributed by atoms with van der Waals surface area (Å²) in [5, 5.41) is 0. The van der Waals surface area contributed by atoms with Crippen molar-refractivity contribution in [1.82, 2.24) is 4.90 Å². The van der Waals surface area contributed by atoms with Gasteiger partial charge in [0.15, 0.2) is 0 Å². The van der Waals surface area contributed by atoms with E-state index >= 15 is 0 Å². The van der Waals surface area contributed by atoms with Gasteiger partial charge in [0.1, 0.15) is 6.17 Å². The maximum Gasteiger partial charge on any atom is 0.114 e. The molecule has 0 bridgehead atoms. The van der Waals surface area contributed by atoms with E-state index in [4.69, 9.17) is 4.74 Å². The summed E-state index contributed by atoms with van der Waals surface area (Å²) in [6.45, 7) is 7.26. The van der Waals surface area contributed by atoms with Crippen molar-refractivity contribution in [2.45, 2.75) is 45.0 Å². The van der Waals surface area contributed by atoms with E-state index in [1.165, 1.54) is 0 Å². The molecular formula is C10H20FNO. The molecule has 0 saturated carbocycles. The molecule has 2 atom stereocenters. The third kappa shape index (κ3) is 3.61. The predicted molar refractivity (Wildman–Crippen MR) is 51.6 cm³/mol. The number of alkyl halides is 1. The standard InChI is InChI=1S/C10H20FNO/c1-10(2,3)13-7-9-5-8(11)6-12(9)4/h8-9H,5-7H2,1-4H3/t8?,9-/m1/s1. The second-order valence-electron chi connectivity index (χ2n) is 4.85. The van der Waals surface area contributed by atoms with E-state index in [-0.39, 0.29) is 11.6 Å². The third-order valence-corrected chi connectivity index (χ3v) is 2.35. The number of halogens is 1. The van der Waals surface area contributed by atoms with Crippen molar-refractivity contribution in [2.24, 2.45) is 0 Å². The first kappa shape index (κ1) is 10.9. The van der Waals surface area contributed by atoms with Crippen LogP contribution in [0.4, 0.5) is 4.39 Å². The molecule has 1 fully saturated rings. The first-order valence-electron chi connectivity index (χ1n) is 4.87. The fraction of sp³-hybridized carbons (Fsp3) is 1.00. The van der Waals surface area contributed by atoms with Gasteiger partial charge in [-0.15, -0.1) is 0 Å². The van der Waals surface area contributed by atoms with Crippen molar-refractivity contribution >= 4 is 0 Å². The first-order valence-corrected chi connectivity index (χ1v) is 4.87. The fourth-order valence-corrected chi connectivity index (χ4v) is 1.55.